The van der Waals surface area contributed by atoms with Crippen molar-refractivity contribution in [3.8, 4) is 0 Å². The van der Waals surface area contributed by atoms with Crippen molar-refractivity contribution in [1.29, 1.82) is 0 Å². The Balaban J connectivity index is 0.00000204. The molecule has 34 heavy (non-hydrogen) atoms. The van der Waals surface area contributed by atoms with Crippen LogP contribution in [0.3, 0.4) is 0 Å². The van der Waals surface area contributed by atoms with Crippen LogP contribution in [0, 0.1) is 0 Å². The van der Waals surface area contributed by atoms with Gasteiger partial charge in [0.2, 0.25) is 5.91 Å². The number of rotatable bonds is 8. The number of benzene rings is 2. The van der Waals surface area contributed by atoms with Gasteiger partial charge in [0.25, 0.3) is 5.91 Å². The molecule has 0 atom stereocenters. The van der Waals surface area contributed by atoms with Crippen LogP contribution in [0.5, 0.6) is 0 Å². The van der Waals surface area contributed by atoms with Gasteiger partial charge in [-0.15, -0.1) is 12.4 Å². The van der Waals surface area contributed by atoms with Gasteiger partial charge in [0.1, 0.15) is 0 Å². The zero-order chi connectivity index (χ0) is 22.3. The van der Waals surface area contributed by atoms with E-state index in [1.165, 1.54) is 0 Å². The molecule has 0 aliphatic carbocycles. The Kier molecular flexibility index (Phi) is 10.7. The standard InChI is InChI=1S/C26H31N3O3.ClH.H2O/c30-24(20-7-3-1-4-8-20)9-5-2-6-14-28-15-17-29(18-16-28)26(32)22-10-12-23-21(19-22)11-13-25(31)27-23;;/h1,3-4,7-8,10,12,19H,2,5-6,9,11,13-18H2,(H,27,31);1H;1H2. The lowest BCUT2D eigenvalue weighted by atomic mass is 10.00. The quantitative estimate of drug-likeness (QED) is 0.455. The van der Waals surface area contributed by atoms with Gasteiger partial charge in [-0.25, -0.2) is 0 Å². The molecule has 0 bridgehead atoms. The van der Waals surface area contributed by atoms with E-state index in [0.717, 1.165) is 68.8 Å². The molecule has 4 rings (SSSR count). The van der Waals surface area contributed by atoms with E-state index >= 15 is 0 Å². The Labute approximate surface area is 207 Å². The third kappa shape index (κ3) is 7.13. The maximum Gasteiger partial charge on any atom is 0.253 e. The van der Waals surface area contributed by atoms with E-state index in [2.05, 4.69) is 10.2 Å². The summed E-state index contributed by atoms with van der Waals surface area (Å²) in [6, 6.07) is 15.1. The Morgan fingerprint density at radius 3 is 2.32 bits per heavy atom. The zero-order valence-corrected chi connectivity index (χ0v) is 20.2. The Hall–Kier alpha value is -2.74. The van der Waals surface area contributed by atoms with E-state index in [-0.39, 0.29) is 35.5 Å². The van der Waals surface area contributed by atoms with Crippen LogP contribution >= 0.6 is 12.4 Å². The number of halogens is 1. The molecule has 0 aromatic heterocycles. The fraction of sp³-hybridized carbons (Fsp3) is 0.423. The number of carbonyl (C=O) groups is 3. The number of carbonyl (C=O) groups excluding carboxylic acids is 3. The first-order valence-electron chi connectivity index (χ1n) is 11.6. The second-order valence-corrected chi connectivity index (χ2v) is 8.65. The number of Topliss-reactive ketones (excluding diaryl/α,β-unsaturated/α-hetero) is 1. The molecule has 0 saturated carbocycles. The third-order valence-electron chi connectivity index (χ3n) is 6.38. The molecule has 7 nitrogen and oxygen atoms in total. The number of amides is 2. The van der Waals surface area contributed by atoms with Crippen LogP contribution in [0.1, 0.15) is 58.4 Å². The van der Waals surface area contributed by atoms with Gasteiger partial charge in [-0.3, -0.25) is 19.3 Å². The summed E-state index contributed by atoms with van der Waals surface area (Å²) in [6.07, 6.45) is 4.81. The third-order valence-corrected chi connectivity index (χ3v) is 6.38. The molecule has 0 radical (unpaired) electrons. The molecule has 2 aromatic carbocycles. The molecular weight excluding hydrogens is 454 g/mol. The molecule has 0 unspecified atom stereocenters. The average Bonchev–Trinajstić information content (AvgIpc) is 2.84. The molecule has 0 spiro atoms. The average molecular weight is 488 g/mol. The summed E-state index contributed by atoms with van der Waals surface area (Å²) in [7, 11) is 0. The fourth-order valence-corrected chi connectivity index (χ4v) is 4.44. The lowest BCUT2D eigenvalue weighted by molar-refractivity contribution is -0.116. The van der Waals surface area contributed by atoms with E-state index in [0.29, 0.717) is 24.8 Å². The van der Waals surface area contributed by atoms with Crippen LogP contribution in [-0.2, 0) is 11.2 Å². The van der Waals surface area contributed by atoms with E-state index in [9.17, 15) is 14.4 Å². The summed E-state index contributed by atoms with van der Waals surface area (Å²) in [5.74, 6) is 0.335. The smallest absolute Gasteiger partial charge is 0.253 e. The van der Waals surface area contributed by atoms with Crippen molar-refractivity contribution in [2.45, 2.75) is 38.5 Å². The number of aryl methyl sites for hydroxylation is 1. The van der Waals surface area contributed by atoms with Crippen LogP contribution in [0.15, 0.2) is 48.5 Å². The lowest BCUT2D eigenvalue weighted by Crippen LogP contribution is -2.48. The SMILES string of the molecule is Cl.O.O=C1CCc2cc(C(=O)N3CCN(CCCCCC(=O)c4ccccc4)CC3)ccc2N1. The molecule has 2 aromatic rings. The van der Waals surface area contributed by atoms with Crippen molar-refractivity contribution in [1.82, 2.24) is 9.80 Å². The number of nitrogens with one attached hydrogen (secondary N) is 1. The number of ketones is 1. The van der Waals surface area contributed by atoms with Crippen molar-refractivity contribution in [3.63, 3.8) is 0 Å². The molecule has 2 heterocycles. The summed E-state index contributed by atoms with van der Waals surface area (Å²) in [5, 5.41) is 2.87. The van der Waals surface area contributed by atoms with Crippen molar-refractivity contribution < 1.29 is 19.9 Å². The fourth-order valence-electron chi connectivity index (χ4n) is 4.44. The predicted octanol–water partition coefficient (Wildman–Crippen LogP) is 3.37. The molecule has 2 amide bonds. The monoisotopic (exact) mass is 487 g/mol. The van der Waals surface area contributed by atoms with Gasteiger partial charge < -0.3 is 15.7 Å². The maximum atomic E-state index is 12.9. The maximum absolute atomic E-state index is 12.9. The van der Waals surface area contributed by atoms with Gasteiger partial charge in [-0.1, -0.05) is 36.8 Å². The van der Waals surface area contributed by atoms with E-state index in [1.807, 2.05) is 53.4 Å². The Bertz CT molecular complexity index is 975. The van der Waals surface area contributed by atoms with Crippen LogP contribution in [0.2, 0.25) is 0 Å². The summed E-state index contributed by atoms with van der Waals surface area (Å²) in [6.45, 7) is 4.25. The van der Waals surface area contributed by atoms with E-state index in [1.54, 1.807) is 0 Å². The van der Waals surface area contributed by atoms with Crippen LogP contribution in [-0.4, -0.2) is 65.6 Å². The Morgan fingerprint density at radius 1 is 0.853 bits per heavy atom. The van der Waals surface area contributed by atoms with Crippen molar-refractivity contribution in [2.75, 3.05) is 38.0 Å². The molecule has 1 fully saturated rings. The van der Waals surface area contributed by atoms with E-state index < -0.39 is 0 Å². The predicted molar refractivity (Wildman–Crippen MR) is 136 cm³/mol. The molecule has 2 aliphatic rings. The highest BCUT2D eigenvalue weighted by Gasteiger charge is 2.23. The number of hydrogen-bond donors (Lipinski definition) is 1. The van der Waals surface area contributed by atoms with Crippen LogP contribution in [0.4, 0.5) is 5.69 Å². The molecule has 3 N–H and O–H groups in total. The summed E-state index contributed by atoms with van der Waals surface area (Å²) < 4.78 is 0. The number of piperazine rings is 1. The topological polar surface area (TPSA) is 101 Å². The number of anilines is 1. The number of nitrogens with zero attached hydrogens (tertiary/aromatic N) is 2. The van der Waals surface area contributed by atoms with Crippen LogP contribution in [0.25, 0.3) is 0 Å². The summed E-state index contributed by atoms with van der Waals surface area (Å²) in [4.78, 5) is 40.9. The minimum Gasteiger partial charge on any atom is -0.412 e. The summed E-state index contributed by atoms with van der Waals surface area (Å²) in [5.41, 5.74) is 3.38. The van der Waals surface area contributed by atoms with Crippen molar-refractivity contribution in [3.05, 3.63) is 65.2 Å². The highest BCUT2D eigenvalue weighted by atomic mass is 35.5. The highest BCUT2D eigenvalue weighted by molar-refractivity contribution is 5.98. The number of unbranched alkanes of at least 4 members (excludes halogenated alkanes) is 2. The molecule has 2 aliphatic heterocycles. The van der Waals surface area contributed by atoms with Gasteiger partial charge in [0.05, 0.1) is 0 Å². The normalized spacial score (nSPS) is 15.4. The van der Waals surface area contributed by atoms with Crippen molar-refractivity contribution in [2.24, 2.45) is 0 Å². The van der Waals surface area contributed by atoms with Gasteiger partial charge in [0.15, 0.2) is 5.78 Å². The molecule has 184 valence electrons. The molecule has 8 heteroatoms. The Morgan fingerprint density at radius 2 is 1.59 bits per heavy atom. The van der Waals surface area contributed by atoms with Gasteiger partial charge in [0, 0.05) is 55.8 Å². The first kappa shape index (κ1) is 27.5. The largest absolute Gasteiger partial charge is 0.412 e. The minimum absolute atomic E-state index is 0. The first-order valence-corrected chi connectivity index (χ1v) is 11.6. The van der Waals surface area contributed by atoms with Gasteiger partial charge >= 0.3 is 0 Å². The second-order valence-electron chi connectivity index (χ2n) is 8.65. The number of hydrogen-bond acceptors (Lipinski definition) is 4. The van der Waals surface area contributed by atoms with Gasteiger partial charge in [-0.05, 0) is 49.6 Å². The molecule has 1 saturated heterocycles. The first-order chi connectivity index (χ1) is 15.6. The number of fused-ring (bicyclic) bond motifs is 1. The van der Waals surface area contributed by atoms with Crippen molar-refractivity contribution >= 4 is 35.7 Å². The van der Waals surface area contributed by atoms with Crippen LogP contribution < -0.4 is 5.32 Å². The van der Waals surface area contributed by atoms with E-state index in [4.69, 9.17) is 0 Å². The summed E-state index contributed by atoms with van der Waals surface area (Å²) >= 11 is 0. The lowest BCUT2D eigenvalue weighted by Gasteiger charge is -2.35. The zero-order valence-electron chi connectivity index (χ0n) is 19.4. The minimum atomic E-state index is 0. The second kappa shape index (κ2) is 13.2. The van der Waals surface area contributed by atoms with Gasteiger partial charge in [-0.2, -0.15) is 0 Å². The molecular formula is C26H34ClN3O4. The highest BCUT2D eigenvalue weighted by Crippen LogP contribution is 2.24.